The number of allylic oxidation sites excluding steroid dienone is 1. The molecule has 11 heteroatoms. The van der Waals surface area contributed by atoms with E-state index in [1.807, 2.05) is 19.9 Å². The van der Waals surface area contributed by atoms with Crippen molar-refractivity contribution in [3.8, 4) is 5.82 Å². The van der Waals surface area contributed by atoms with Gasteiger partial charge in [-0.1, -0.05) is 6.08 Å². The van der Waals surface area contributed by atoms with Crippen LogP contribution >= 0.6 is 0 Å². The maximum Gasteiger partial charge on any atom is 0.278 e. The van der Waals surface area contributed by atoms with Crippen molar-refractivity contribution >= 4 is 22.7 Å². The number of halogens is 1. The van der Waals surface area contributed by atoms with Crippen LogP contribution in [0.15, 0.2) is 58.8 Å². The molecule has 1 N–H and O–H groups in total. The third-order valence-electron chi connectivity index (χ3n) is 6.86. The van der Waals surface area contributed by atoms with Gasteiger partial charge in [0.15, 0.2) is 11.5 Å². The first-order chi connectivity index (χ1) is 18.2. The molecule has 1 aliphatic heterocycles. The Morgan fingerprint density at radius 1 is 1.18 bits per heavy atom. The first-order valence-electron chi connectivity index (χ1n) is 12.7. The molecule has 0 aliphatic carbocycles. The zero-order chi connectivity index (χ0) is 27.0. The number of piperidine rings is 1. The highest BCUT2D eigenvalue weighted by atomic mass is 19.1. The lowest BCUT2D eigenvalue weighted by Gasteiger charge is -2.29. The minimum atomic E-state index is -0.334. The van der Waals surface area contributed by atoms with E-state index >= 15 is 0 Å². The smallest absolute Gasteiger partial charge is 0.278 e. The Morgan fingerprint density at radius 2 is 1.95 bits per heavy atom. The monoisotopic (exact) mass is 518 g/mol. The molecule has 1 aromatic carbocycles. The van der Waals surface area contributed by atoms with Crippen molar-refractivity contribution in [3.05, 3.63) is 81.3 Å². The summed E-state index contributed by atoms with van der Waals surface area (Å²) in [5.74, 6) is 0.511. The van der Waals surface area contributed by atoms with E-state index < -0.39 is 0 Å². The molecule has 1 fully saturated rings. The van der Waals surface area contributed by atoms with Gasteiger partial charge in [0.05, 0.1) is 12.6 Å². The molecule has 10 nitrogen and oxygen atoms in total. The summed E-state index contributed by atoms with van der Waals surface area (Å²) in [6.07, 6.45) is 4.98. The SMILES string of the molecule is C=CCn1c(=O)c2cnc(Nc3cc(F)cc(C4CCN(C)CC4)c3)nc2n1-c1ccc(=O)n(C(C)C)n1. The van der Waals surface area contributed by atoms with E-state index in [1.165, 1.54) is 27.7 Å². The van der Waals surface area contributed by atoms with Gasteiger partial charge in [-0.15, -0.1) is 11.7 Å². The molecule has 38 heavy (non-hydrogen) atoms. The summed E-state index contributed by atoms with van der Waals surface area (Å²) in [6, 6.07) is 7.71. The average molecular weight is 519 g/mol. The van der Waals surface area contributed by atoms with Crippen molar-refractivity contribution in [2.75, 3.05) is 25.5 Å². The molecule has 4 heterocycles. The molecule has 0 saturated carbocycles. The highest BCUT2D eigenvalue weighted by molar-refractivity contribution is 5.77. The number of benzene rings is 1. The number of aromatic nitrogens is 6. The minimum Gasteiger partial charge on any atom is -0.324 e. The van der Waals surface area contributed by atoms with Crippen LogP contribution in [0, 0.1) is 5.82 Å². The molecule has 0 spiro atoms. The molecular formula is C27H31FN8O2. The molecule has 198 valence electrons. The van der Waals surface area contributed by atoms with Crippen molar-refractivity contribution in [3.63, 3.8) is 0 Å². The Kier molecular flexibility index (Phi) is 6.94. The Morgan fingerprint density at radius 3 is 2.66 bits per heavy atom. The summed E-state index contributed by atoms with van der Waals surface area (Å²) in [4.78, 5) is 36.7. The molecule has 1 saturated heterocycles. The summed E-state index contributed by atoms with van der Waals surface area (Å²) >= 11 is 0. The van der Waals surface area contributed by atoms with E-state index in [0.29, 0.717) is 17.2 Å². The maximum absolute atomic E-state index is 14.6. The van der Waals surface area contributed by atoms with Crippen LogP contribution in [0.5, 0.6) is 0 Å². The van der Waals surface area contributed by atoms with E-state index in [4.69, 9.17) is 0 Å². The van der Waals surface area contributed by atoms with Gasteiger partial charge in [0.1, 0.15) is 11.2 Å². The fraction of sp³-hybridized carbons (Fsp3) is 0.370. The molecule has 0 atom stereocenters. The number of nitrogens with one attached hydrogen (secondary N) is 1. The first-order valence-corrected chi connectivity index (χ1v) is 12.7. The number of likely N-dealkylation sites (tertiary alicyclic amines) is 1. The first kappa shape index (κ1) is 25.5. The predicted molar refractivity (Wildman–Crippen MR) is 145 cm³/mol. The molecule has 1 aliphatic rings. The number of nitrogens with zero attached hydrogens (tertiary/aromatic N) is 7. The minimum absolute atomic E-state index is 0.178. The zero-order valence-electron chi connectivity index (χ0n) is 21.8. The third kappa shape index (κ3) is 4.89. The Labute approximate surface area is 219 Å². The molecule has 0 bridgehead atoms. The lowest BCUT2D eigenvalue weighted by molar-refractivity contribution is 0.255. The van der Waals surface area contributed by atoms with Crippen LogP contribution in [0.2, 0.25) is 0 Å². The van der Waals surface area contributed by atoms with Crippen molar-refractivity contribution in [1.82, 2.24) is 34.0 Å². The molecule has 5 rings (SSSR count). The number of hydrogen-bond donors (Lipinski definition) is 1. The van der Waals surface area contributed by atoms with Crippen LogP contribution in [0.4, 0.5) is 16.0 Å². The van der Waals surface area contributed by atoms with Gasteiger partial charge in [-0.3, -0.25) is 9.59 Å². The maximum atomic E-state index is 14.6. The molecular weight excluding hydrogens is 487 g/mol. The van der Waals surface area contributed by atoms with E-state index in [-0.39, 0.29) is 46.8 Å². The largest absolute Gasteiger partial charge is 0.324 e. The number of fused-ring (bicyclic) bond motifs is 1. The van der Waals surface area contributed by atoms with Gasteiger partial charge in [-0.05, 0) is 82.6 Å². The van der Waals surface area contributed by atoms with Crippen molar-refractivity contribution < 1.29 is 4.39 Å². The summed E-state index contributed by atoms with van der Waals surface area (Å²) in [6.45, 7) is 9.61. The third-order valence-corrected chi connectivity index (χ3v) is 6.86. The zero-order valence-corrected chi connectivity index (χ0v) is 21.8. The second kappa shape index (κ2) is 10.3. The van der Waals surface area contributed by atoms with E-state index in [2.05, 4.69) is 38.9 Å². The van der Waals surface area contributed by atoms with Crippen molar-refractivity contribution in [1.29, 1.82) is 0 Å². The lowest BCUT2D eigenvalue weighted by atomic mass is 9.89. The van der Waals surface area contributed by atoms with Crippen LogP contribution in [0.25, 0.3) is 16.9 Å². The average Bonchev–Trinajstić information content (AvgIpc) is 3.15. The van der Waals surface area contributed by atoms with Gasteiger partial charge in [0.25, 0.3) is 11.1 Å². The van der Waals surface area contributed by atoms with Crippen LogP contribution < -0.4 is 16.4 Å². The highest BCUT2D eigenvalue weighted by Gasteiger charge is 2.21. The van der Waals surface area contributed by atoms with Gasteiger partial charge in [-0.25, -0.2) is 23.4 Å². The normalized spacial score (nSPS) is 14.9. The van der Waals surface area contributed by atoms with Gasteiger partial charge < -0.3 is 10.2 Å². The second-order valence-electron chi connectivity index (χ2n) is 9.96. The summed E-state index contributed by atoms with van der Waals surface area (Å²) in [5.41, 5.74) is 1.22. The van der Waals surface area contributed by atoms with Crippen molar-refractivity contribution in [2.45, 2.75) is 45.2 Å². The topological polar surface area (TPSA) is 103 Å². The number of rotatable bonds is 7. The Balaban J connectivity index is 1.57. The number of anilines is 2. The van der Waals surface area contributed by atoms with E-state index in [0.717, 1.165) is 31.5 Å². The van der Waals surface area contributed by atoms with Crippen LogP contribution in [0.1, 0.15) is 44.2 Å². The van der Waals surface area contributed by atoms with Gasteiger partial charge in [-0.2, -0.15) is 4.98 Å². The molecule has 0 radical (unpaired) electrons. The summed E-state index contributed by atoms with van der Waals surface area (Å²) < 4.78 is 18.9. The Hall–Kier alpha value is -4.12. The molecule has 4 aromatic rings. The highest BCUT2D eigenvalue weighted by Crippen LogP contribution is 2.30. The van der Waals surface area contributed by atoms with Gasteiger partial charge in [0, 0.05) is 18.0 Å². The van der Waals surface area contributed by atoms with Gasteiger partial charge in [0.2, 0.25) is 5.95 Å². The molecule has 3 aromatic heterocycles. The summed E-state index contributed by atoms with van der Waals surface area (Å²) in [7, 11) is 2.09. The predicted octanol–water partition coefficient (Wildman–Crippen LogP) is 3.60. The van der Waals surface area contributed by atoms with E-state index in [1.54, 1.807) is 22.9 Å². The van der Waals surface area contributed by atoms with Gasteiger partial charge >= 0.3 is 0 Å². The fourth-order valence-corrected chi connectivity index (χ4v) is 4.90. The lowest BCUT2D eigenvalue weighted by Crippen LogP contribution is -2.29. The van der Waals surface area contributed by atoms with Crippen LogP contribution in [0.3, 0.4) is 0 Å². The molecule has 0 unspecified atom stereocenters. The van der Waals surface area contributed by atoms with Crippen LogP contribution in [-0.4, -0.2) is 54.1 Å². The van der Waals surface area contributed by atoms with Crippen molar-refractivity contribution in [2.24, 2.45) is 0 Å². The van der Waals surface area contributed by atoms with E-state index in [9.17, 15) is 14.0 Å². The fourth-order valence-electron chi connectivity index (χ4n) is 4.90. The Bertz CT molecular complexity index is 1610. The summed E-state index contributed by atoms with van der Waals surface area (Å²) in [5, 5.41) is 7.88. The number of hydrogen-bond acceptors (Lipinski definition) is 7. The van der Waals surface area contributed by atoms with Crippen LogP contribution in [-0.2, 0) is 6.54 Å². The second-order valence-corrected chi connectivity index (χ2v) is 9.96. The quantitative estimate of drug-likeness (QED) is 0.373. The standard InChI is InChI=1S/C27H31FN8O2/c1-5-10-34-26(38)22-16-29-27(31-25(22)36(34)23-6-7-24(37)35(32-23)17(2)3)30-21-14-19(13-20(28)15-21)18-8-11-33(4)12-9-18/h5-7,13-18H,1,8-12H2,2-4H3,(H,29,30,31). The molecule has 0 amide bonds.